The lowest BCUT2D eigenvalue weighted by molar-refractivity contribution is 0.0730. The third-order valence-electron chi connectivity index (χ3n) is 3.84. The molecule has 3 rings (SSSR count). The maximum absolute atomic E-state index is 13.7. The zero-order valence-corrected chi connectivity index (χ0v) is 15.1. The lowest BCUT2D eigenvalue weighted by Gasteiger charge is -2.05. The van der Waals surface area contributed by atoms with Gasteiger partial charge in [-0.05, 0) is 60.7 Å². The van der Waals surface area contributed by atoms with E-state index in [1.54, 1.807) is 0 Å². The second kappa shape index (κ2) is 8.59. The molecule has 0 saturated carbocycles. The minimum atomic E-state index is -0.841. The van der Waals surface area contributed by atoms with E-state index in [4.69, 9.17) is 16.3 Å². The van der Waals surface area contributed by atoms with Crippen LogP contribution in [0.15, 0.2) is 72.8 Å². The average molecular weight is 399 g/mol. The molecule has 3 aromatic carbocycles. The average Bonchev–Trinajstić information content (AvgIpc) is 2.68. The van der Waals surface area contributed by atoms with Gasteiger partial charge >= 0.3 is 5.97 Å². The Morgan fingerprint density at radius 1 is 0.857 bits per heavy atom. The third kappa shape index (κ3) is 4.50. The number of esters is 1. The molecule has 0 bridgehead atoms. The second-order valence-electron chi connectivity index (χ2n) is 5.73. The minimum Gasteiger partial charge on any atom is -0.423 e. The van der Waals surface area contributed by atoms with Gasteiger partial charge < -0.3 is 4.74 Å². The molecule has 0 aliphatic rings. The van der Waals surface area contributed by atoms with Crippen LogP contribution in [0.3, 0.4) is 0 Å². The van der Waals surface area contributed by atoms with Crippen LogP contribution < -0.4 is 4.74 Å². The van der Waals surface area contributed by atoms with E-state index in [1.807, 2.05) is 0 Å². The number of ketones is 1. The van der Waals surface area contributed by atoms with E-state index < -0.39 is 17.6 Å². The quantitative estimate of drug-likeness (QED) is 0.238. The van der Waals surface area contributed by atoms with Gasteiger partial charge in [-0.3, -0.25) is 4.79 Å². The lowest BCUT2D eigenvalue weighted by atomic mass is 10.1. The molecule has 3 nitrogen and oxygen atoms in total. The summed E-state index contributed by atoms with van der Waals surface area (Å²) in [7, 11) is 0. The molecule has 0 atom stereocenters. The molecule has 0 unspecified atom stereocenters. The Morgan fingerprint density at radius 2 is 1.54 bits per heavy atom. The van der Waals surface area contributed by atoms with Crippen molar-refractivity contribution in [1.82, 2.24) is 0 Å². The molecule has 0 heterocycles. The summed E-state index contributed by atoms with van der Waals surface area (Å²) >= 11 is 5.91. The van der Waals surface area contributed by atoms with Gasteiger partial charge in [0.2, 0.25) is 0 Å². The highest BCUT2D eigenvalue weighted by Gasteiger charge is 2.13. The summed E-state index contributed by atoms with van der Waals surface area (Å²) in [5.41, 5.74) is 0.231. The van der Waals surface area contributed by atoms with Crippen molar-refractivity contribution in [3.05, 3.63) is 106 Å². The van der Waals surface area contributed by atoms with Crippen LogP contribution in [0.25, 0.3) is 6.08 Å². The molecule has 0 aliphatic heterocycles. The van der Waals surface area contributed by atoms with Crippen LogP contribution in [-0.4, -0.2) is 11.8 Å². The van der Waals surface area contributed by atoms with Crippen molar-refractivity contribution in [2.75, 3.05) is 0 Å². The molecule has 0 spiro atoms. The lowest BCUT2D eigenvalue weighted by Crippen LogP contribution is -2.10. The molecule has 0 amide bonds. The molecule has 28 heavy (non-hydrogen) atoms. The number of carbonyl (C=O) groups is 2. The molecular formula is C22H13ClF2O3. The summed E-state index contributed by atoms with van der Waals surface area (Å²) in [5.74, 6) is -2.29. The fraction of sp³-hybridized carbons (Fsp3) is 0. The predicted octanol–water partition coefficient (Wildman–Crippen LogP) is 5.73. The Bertz CT molecular complexity index is 1040. The first-order valence-corrected chi connectivity index (χ1v) is 8.56. The van der Waals surface area contributed by atoms with Crippen molar-refractivity contribution in [3.63, 3.8) is 0 Å². The largest absolute Gasteiger partial charge is 0.423 e. The third-order valence-corrected chi connectivity index (χ3v) is 4.17. The number of ether oxygens (including phenoxy) is 1. The van der Waals surface area contributed by atoms with Crippen molar-refractivity contribution >= 4 is 29.4 Å². The van der Waals surface area contributed by atoms with Crippen LogP contribution in [0, 0.1) is 11.6 Å². The topological polar surface area (TPSA) is 43.4 Å². The van der Waals surface area contributed by atoms with Gasteiger partial charge in [-0.2, -0.15) is 0 Å². The molecule has 0 radical (unpaired) electrons. The first-order chi connectivity index (χ1) is 13.5. The Kier molecular flexibility index (Phi) is 5.96. The Hall–Kier alpha value is -3.31. The van der Waals surface area contributed by atoms with E-state index >= 15 is 0 Å². The number of benzene rings is 3. The van der Waals surface area contributed by atoms with Crippen LogP contribution in [0.4, 0.5) is 8.78 Å². The summed E-state index contributed by atoms with van der Waals surface area (Å²) in [4.78, 5) is 24.2. The van der Waals surface area contributed by atoms with Gasteiger partial charge in [0.1, 0.15) is 17.4 Å². The maximum Gasteiger partial charge on any atom is 0.346 e. The first-order valence-electron chi connectivity index (χ1n) is 8.19. The number of hydrogen-bond acceptors (Lipinski definition) is 3. The maximum atomic E-state index is 13.7. The van der Waals surface area contributed by atoms with E-state index in [0.717, 1.165) is 6.07 Å². The van der Waals surface area contributed by atoms with Crippen molar-refractivity contribution in [2.24, 2.45) is 0 Å². The molecule has 0 N–H and O–H groups in total. The number of halogens is 3. The van der Waals surface area contributed by atoms with Gasteiger partial charge in [-0.1, -0.05) is 29.8 Å². The molecule has 0 saturated heterocycles. The summed E-state index contributed by atoms with van der Waals surface area (Å²) in [6.07, 6.45) is 2.50. The van der Waals surface area contributed by atoms with Crippen molar-refractivity contribution in [3.8, 4) is 5.75 Å². The van der Waals surface area contributed by atoms with Crippen LogP contribution >= 0.6 is 11.6 Å². The van der Waals surface area contributed by atoms with Gasteiger partial charge in [-0.25, -0.2) is 13.6 Å². The number of rotatable bonds is 5. The monoisotopic (exact) mass is 398 g/mol. The normalized spacial score (nSPS) is 10.8. The highest BCUT2D eigenvalue weighted by molar-refractivity contribution is 6.32. The Balaban J connectivity index is 1.70. The number of carbonyl (C=O) groups excluding carboxylic acids is 2. The first kappa shape index (κ1) is 19.5. The van der Waals surface area contributed by atoms with E-state index in [9.17, 15) is 18.4 Å². The highest BCUT2D eigenvalue weighted by atomic mass is 35.5. The molecule has 6 heteroatoms. The smallest absolute Gasteiger partial charge is 0.346 e. The molecule has 3 aromatic rings. The van der Waals surface area contributed by atoms with Gasteiger partial charge in [0.25, 0.3) is 0 Å². The predicted molar refractivity (Wildman–Crippen MR) is 103 cm³/mol. The minimum absolute atomic E-state index is 0.118. The van der Waals surface area contributed by atoms with Crippen LogP contribution in [0.1, 0.15) is 26.3 Å². The summed E-state index contributed by atoms with van der Waals surface area (Å²) < 4.78 is 32.4. The Morgan fingerprint density at radius 3 is 2.21 bits per heavy atom. The SMILES string of the molecule is O=C(/C=C/c1c(F)cccc1Cl)c1ccc(OC(=O)c2ccccc2F)cc1. The van der Waals surface area contributed by atoms with E-state index in [0.29, 0.717) is 5.56 Å². The van der Waals surface area contributed by atoms with Gasteiger partial charge in [0.05, 0.1) is 10.6 Å². The van der Waals surface area contributed by atoms with Gasteiger partial charge in [0, 0.05) is 11.1 Å². The number of hydrogen-bond donors (Lipinski definition) is 0. The van der Waals surface area contributed by atoms with E-state index in [-0.39, 0.29) is 27.7 Å². The Labute approximate surface area is 164 Å². The molecule has 0 aliphatic carbocycles. The zero-order chi connectivity index (χ0) is 20.1. The van der Waals surface area contributed by atoms with Crippen LogP contribution in [0.2, 0.25) is 5.02 Å². The zero-order valence-electron chi connectivity index (χ0n) is 14.4. The fourth-order valence-electron chi connectivity index (χ4n) is 2.40. The summed E-state index contributed by atoms with van der Waals surface area (Å²) in [5, 5.41) is 0.194. The van der Waals surface area contributed by atoms with Crippen LogP contribution in [-0.2, 0) is 0 Å². The van der Waals surface area contributed by atoms with E-state index in [2.05, 4.69) is 0 Å². The van der Waals surface area contributed by atoms with Crippen molar-refractivity contribution < 1.29 is 23.1 Å². The molecule has 0 fully saturated rings. The van der Waals surface area contributed by atoms with Crippen LogP contribution in [0.5, 0.6) is 5.75 Å². The highest BCUT2D eigenvalue weighted by Crippen LogP contribution is 2.21. The summed E-state index contributed by atoms with van der Waals surface area (Å²) in [6.45, 7) is 0. The molecular weight excluding hydrogens is 386 g/mol. The van der Waals surface area contributed by atoms with E-state index in [1.165, 1.54) is 72.8 Å². The van der Waals surface area contributed by atoms with Crippen molar-refractivity contribution in [1.29, 1.82) is 0 Å². The fourth-order valence-corrected chi connectivity index (χ4v) is 2.63. The molecule has 140 valence electrons. The summed E-state index contributed by atoms with van der Waals surface area (Å²) in [6, 6.07) is 15.4. The van der Waals surface area contributed by atoms with Gasteiger partial charge in [-0.15, -0.1) is 0 Å². The van der Waals surface area contributed by atoms with Gasteiger partial charge in [0.15, 0.2) is 5.78 Å². The van der Waals surface area contributed by atoms with Crippen molar-refractivity contribution in [2.45, 2.75) is 0 Å². The second-order valence-corrected chi connectivity index (χ2v) is 6.13. The standard InChI is InChI=1S/C22H13ClF2O3/c23-18-5-3-7-19(24)16(18)12-13-21(26)14-8-10-15(11-9-14)28-22(27)17-4-1-2-6-20(17)25/h1-13H/b13-12+. The molecule has 0 aromatic heterocycles. The number of allylic oxidation sites excluding steroid dienone is 1.